The van der Waals surface area contributed by atoms with Crippen molar-refractivity contribution < 1.29 is 4.79 Å². The number of hydrogen-bond acceptors (Lipinski definition) is 2. The second-order valence-electron chi connectivity index (χ2n) is 4.64. The Bertz CT molecular complexity index is 384. The maximum atomic E-state index is 12.0. The summed E-state index contributed by atoms with van der Waals surface area (Å²) in [5.41, 5.74) is 1.50. The van der Waals surface area contributed by atoms with Gasteiger partial charge < -0.3 is 5.32 Å². The molecule has 0 saturated heterocycles. The van der Waals surface area contributed by atoms with Gasteiger partial charge in [0.05, 0.1) is 5.69 Å². The highest BCUT2D eigenvalue weighted by atomic mass is 79.9. The predicted octanol–water partition coefficient (Wildman–Crippen LogP) is 2.66. The zero-order chi connectivity index (χ0) is 13.5. The Labute approximate surface area is 117 Å². The van der Waals surface area contributed by atoms with Crippen molar-refractivity contribution in [1.29, 1.82) is 0 Å². The molecule has 1 rings (SSSR count). The van der Waals surface area contributed by atoms with Crippen molar-refractivity contribution in [3.8, 4) is 0 Å². The van der Waals surface area contributed by atoms with Crippen LogP contribution in [0.2, 0.25) is 0 Å². The fraction of sp³-hybridized carbons (Fsp3) is 0.692. The van der Waals surface area contributed by atoms with E-state index in [0.717, 1.165) is 36.8 Å². The van der Waals surface area contributed by atoms with Crippen molar-refractivity contribution >= 4 is 21.8 Å². The van der Waals surface area contributed by atoms with E-state index in [1.165, 1.54) is 0 Å². The lowest BCUT2D eigenvalue weighted by Gasteiger charge is -2.15. The molecule has 0 spiro atoms. The van der Waals surface area contributed by atoms with E-state index in [0.29, 0.717) is 11.6 Å². The summed E-state index contributed by atoms with van der Waals surface area (Å²) in [7, 11) is 1.80. The molecule has 1 N–H and O–H groups in total. The SMILES string of the molecule is CCCC(CCBr)CNC(=O)c1cc(C)nn1C. The van der Waals surface area contributed by atoms with Crippen LogP contribution in [0.3, 0.4) is 0 Å². The van der Waals surface area contributed by atoms with Gasteiger partial charge in [0.15, 0.2) is 0 Å². The Morgan fingerprint density at radius 3 is 2.78 bits per heavy atom. The van der Waals surface area contributed by atoms with Crippen LogP contribution in [0.1, 0.15) is 42.4 Å². The summed E-state index contributed by atoms with van der Waals surface area (Å²) >= 11 is 3.46. The minimum Gasteiger partial charge on any atom is -0.350 e. The second-order valence-corrected chi connectivity index (χ2v) is 5.43. The van der Waals surface area contributed by atoms with Crippen LogP contribution in [-0.2, 0) is 7.05 Å². The third-order valence-electron chi connectivity index (χ3n) is 3.00. The lowest BCUT2D eigenvalue weighted by molar-refractivity contribution is 0.0936. The van der Waals surface area contributed by atoms with Crippen molar-refractivity contribution in [2.45, 2.75) is 33.1 Å². The molecule has 1 unspecified atom stereocenters. The number of nitrogens with one attached hydrogen (secondary N) is 1. The number of aromatic nitrogens is 2. The van der Waals surface area contributed by atoms with Crippen LogP contribution < -0.4 is 5.32 Å². The van der Waals surface area contributed by atoms with Crippen molar-refractivity contribution in [1.82, 2.24) is 15.1 Å². The number of halogens is 1. The summed E-state index contributed by atoms with van der Waals surface area (Å²) in [4.78, 5) is 12.0. The molecule has 4 nitrogen and oxygen atoms in total. The number of hydrogen-bond donors (Lipinski definition) is 1. The highest BCUT2D eigenvalue weighted by Crippen LogP contribution is 2.12. The number of carbonyl (C=O) groups excluding carboxylic acids is 1. The number of aryl methyl sites for hydroxylation is 2. The Kier molecular flexibility index (Phi) is 6.39. The Morgan fingerprint density at radius 1 is 1.56 bits per heavy atom. The van der Waals surface area contributed by atoms with Gasteiger partial charge in [0.25, 0.3) is 5.91 Å². The first-order chi connectivity index (χ1) is 8.58. The molecule has 0 radical (unpaired) electrons. The number of carbonyl (C=O) groups is 1. The van der Waals surface area contributed by atoms with E-state index in [1.54, 1.807) is 11.7 Å². The first-order valence-corrected chi connectivity index (χ1v) is 7.55. The van der Waals surface area contributed by atoms with Crippen molar-refractivity contribution in [3.63, 3.8) is 0 Å². The van der Waals surface area contributed by atoms with Crippen LogP contribution in [0.4, 0.5) is 0 Å². The number of nitrogens with zero attached hydrogens (tertiary/aromatic N) is 2. The quantitative estimate of drug-likeness (QED) is 0.786. The summed E-state index contributed by atoms with van der Waals surface area (Å²) in [5, 5.41) is 8.17. The van der Waals surface area contributed by atoms with Gasteiger partial charge in [0.1, 0.15) is 5.69 Å². The zero-order valence-electron chi connectivity index (χ0n) is 11.4. The summed E-state index contributed by atoms with van der Waals surface area (Å²) in [6.07, 6.45) is 3.40. The second kappa shape index (κ2) is 7.56. The van der Waals surface area contributed by atoms with Crippen molar-refractivity contribution in [3.05, 3.63) is 17.5 Å². The van der Waals surface area contributed by atoms with Gasteiger partial charge in [-0.1, -0.05) is 29.3 Å². The normalized spacial score (nSPS) is 12.4. The molecule has 0 aliphatic heterocycles. The minimum atomic E-state index is -0.0335. The van der Waals surface area contributed by atoms with E-state index >= 15 is 0 Å². The van der Waals surface area contributed by atoms with E-state index < -0.39 is 0 Å². The molecule has 0 fully saturated rings. The molecule has 1 aromatic heterocycles. The third-order valence-corrected chi connectivity index (χ3v) is 3.46. The summed E-state index contributed by atoms with van der Waals surface area (Å²) in [6, 6.07) is 1.81. The van der Waals surface area contributed by atoms with Gasteiger partial charge in [-0.2, -0.15) is 5.10 Å². The molecular weight excluding hydrogens is 294 g/mol. The fourth-order valence-electron chi connectivity index (χ4n) is 2.06. The van der Waals surface area contributed by atoms with Gasteiger partial charge in [-0.25, -0.2) is 0 Å². The van der Waals surface area contributed by atoms with E-state index in [-0.39, 0.29) is 5.91 Å². The number of alkyl halides is 1. The fourth-order valence-corrected chi connectivity index (χ4v) is 2.71. The van der Waals surface area contributed by atoms with Gasteiger partial charge in [0, 0.05) is 18.9 Å². The van der Waals surface area contributed by atoms with Crippen LogP contribution >= 0.6 is 15.9 Å². The Morgan fingerprint density at radius 2 is 2.28 bits per heavy atom. The number of amides is 1. The standard InChI is InChI=1S/C13H22BrN3O/c1-4-5-11(6-7-14)9-15-13(18)12-8-10(2)16-17(12)3/h8,11H,4-7,9H2,1-3H3,(H,15,18). The monoisotopic (exact) mass is 315 g/mol. The summed E-state index contributed by atoms with van der Waals surface area (Å²) < 4.78 is 1.63. The van der Waals surface area contributed by atoms with Crippen LogP contribution in [0.25, 0.3) is 0 Å². The molecule has 5 heteroatoms. The van der Waals surface area contributed by atoms with Gasteiger partial charge in [-0.3, -0.25) is 9.48 Å². The van der Waals surface area contributed by atoms with Crippen LogP contribution in [-0.4, -0.2) is 27.6 Å². The van der Waals surface area contributed by atoms with Crippen LogP contribution in [0.15, 0.2) is 6.07 Å². The lowest BCUT2D eigenvalue weighted by Crippen LogP contribution is -2.30. The van der Waals surface area contributed by atoms with E-state index in [4.69, 9.17) is 0 Å². The summed E-state index contributed by atoms with van der Waals surface area (Å²) in [5.74, 6) is 0.515. The Balaban J connectivity index is 2.51. The van der Waals surface area contributed by atoms with Gasteiger partial charge >= 0.3 is 0 Å². The van der Waals surface area contributed by atoms with Crippen LogP contribution in [0.5, 0.6) is 0 Å². The molecule has 1 aromatic rings. The third kappa shape index (κ3) is 4.44. The zero-order valence-corrected chi connectivity index (χ0v) is 13.0. The molecule has 1 amide bonds. The average molecular weight is 316 g/mol. The van der Waals surface area contributed by atoms with E-state index in [1.807, 2.05) is 13.0 Å². The average Bonchev–Trinajstić information content (AvgIpc) is 2.65. The molecule has 1 heterocycles. The molecule has 18 heavy (non-hydrogen) atoms. The topological polar surface area (TPSA) is 46.9 Å². The van der Waals surface area contributed by atoms with E-state index in [9.17, 15) is 4.79 Å². The first-order valence-electron chi connectivity index (χ1n) is 6.43. The molecule has 0 saturated carbocycles. The van der Waals surface area contributed by atoms with Crippen molar-refractivity contribution in [2.24, 2.45) is 13.0 Å². The maximum Gasteiger partial charge on any atom is 0.269 e. The van der Waals surface area contributed by atoms with Gasteiger partial charge in [0.2, 0.25) is 0 Å². The lowest BCUT2D eigenvalue weighted by atomic mass is 10.0. The molecule has 0 aliphatic rings. The molecule has 0 aliphatic carbocycles. The van der Waals surface area contributed by atoms with Gasteiger partial charge in [-0.05, 0) is 31.7 Å². The van der Waals surface area contributed by atoms with Gasteiger partial charge in [-0.15, -0.1) is 0 Å². The largest absolute Gasteiger partial charge is 0.350 e. The molecule has 102 valence electrons. The first kappa shape index (κ1) is 15.2. The molecule has 0 aromatic carbocycles. The van der Waals surface area contributed by atoms with Crippen LogP contribution in [0, 0.1) is 12.8 Å². The number of rotatable bonds is 7. The highest BCUT2D eigenvalue weighted by Gasteiger charge is 2.13. The summed E-state index contributed by atoms with van der Waals surface area (Å²) in [6.45, 7) is 4.80. The smallest absolute Gasteiger partial charge is 0.269 e. The Hall–Kier alpha value is -0.840. The highest BCUT2D eigenvalue weighted by molar-refractivity contribution is 9.09. The van der Waals surface area contributed by atoms with Crippen molar-refractivity contribution in [2.75, 3.05) is 11.9 Å². The minimum absolute atomic E-state index is 0.0335. The molecule has 1 atom stereocenters. The molecular formula is C13H22BrN3O. The van der Waals surface area contributed by atoms with E-state index in [2.05, 4.69) is 33.3 Å². The maximum absolute atomic E-state index is 12.0. The predicted molar refractivity (Wildman–Crippen MR) is 77.1 cm³/mol. The molecule has 0 bridgehead atoms.